The van der Waals surface area contributed by atoms with Gasteiger partial charge in [-0.05, 0) is 55.7 Å². The summed E-state index contributed by atoms with van der Waals surface area (Å²) >= 11 is 5.89. The summed E-state index contributed by atoms with van der Waals surface area (Å²) in [6.07, 6.45) is 6.00. The molecule has 0 atom stereocenters. The third-order valence-electron chi connectivity index (χ3n) is 4.31. The van der Waals surface area contributed by atoms with Gasteiger partial charge in [0.25, 0.3) is 0 Å². The Bertz CT molecular complexity index is 894. The highest BCUT2D eigenvalue weighted by Crippen LogP contribution is 2.36. The average Bonchev–Trinajstić information content (AvgIpc) is 2.94. The molecule has 3 aromatic rings. The first-order valence-corrected chi connectivity index (χ1v) is 8.16. The zero-order chi connectivity index (χ0) is 15.8. The molecule has 0 unspecified atom stereocenters. The first-order chi connectivity index (χ1) is 11.2. The summed E-state index contributed by atoms with van der Waals surface area (Å²) in [7, 11) is 0. The quantitative estimate of drug-likeness (QED) is 0.639. The van der Waals surface area contributed by atoms with E-state index in [-0.39, 0.29) is 5.75 Å². The Morgan fingerprint density at radius 1 is 1.04 bits per heavy atom. The van der Waals surface area contributed by atoms with Gasteiger partial charge in [-0.3, -0.25) is 4.99 Å². The summed E-state index contributed by atoms with van der Waals surface area (Å²) in [5.74, 6) is 1.28. The lowest BCUT2D eigenvalue weighted by molar-refractivity contribution is 0.474. The molecule has 23 heavy (non-hydrogen) atoms. The zero-order valence-corrected chi connectivity index (χ0v) is 13.3. The first kappa shape index (κ1) is 14.3. The van der Waals surface area contributed by atoms with Gasteiger partial charge in [-0.1, -0.05) is 11.6 Å². The van der Waals surface area contributed by atoms with Crippen molar-refractivity contribution < 1.29 is 9.52 Å². The number of hydrogen-bond donors (Lipinski definition) is 1. The molecule has 4 heteroatoms. The van der Waals surface area contributed by atoms with Crippen molar-refractivity contribution in [2.24, 2.45) is 4.99 Å². The maximum atomic E-state index is 10.3. The molecular weight excluding hydrogens is 310 g/mol. The number of aliphatic imine (C=N–C) groups is 1. The van der Waals surface area contributed by atoms with Crippen LogP contribution in [0.15, 0.2) is 45.8 Å². The number of furan rings is 1. The molecule has 1 aliphatic rings. The van der Waals surface area contributed by atoms with Crippen molar-refractivity contribution >= 4 is 34.5 Å². The number of rotatable bonds is 2. The van der Waals surface area contributed by atoms with Crippen molar-refractivity contribution in [3.63, 3.8) is 0 Å². The molecule has 0 spiro atoms. The van der Waals surface area contributed by atoms with Crippen LogP contribution >= 0.6 is 11.6 Å². The molecule has 3 nitrogen and oxygen atoms in total. The number of nitrogens with zero attached hydrogens (tertiary/aromatic N) is 1. The highest BCUT2D eigenvalue weighted by Gasteiger charge is 2.21. The molecule has 0 saturated carbocycles. The molecule has 0 bridgehead atoms. The van der Waals surface area contributed by atoms with Gasteiger partial charge in [-0.25, -0.2) is 0 Å². The second kappa shape index (κ2) is 5.74. The number of aromatic hydroxyl groups is 1. The van der Waals surface area contributed by atoms with Gasteiger partial charge < -0.3 is 9.52 Å². The minimum atomic E-state index is 0.226. The topological polar surface area (TPSA) is 45.7 Å². The molecule has 116 valence electrons. The van der Waals surface area contributed by atoms with E-state index in [0.29, 0.717) is 5.02 Å². The fourth-order valence-corrected chi connectivity index (χ4v) is 3.30. The molecule has 1 aliphatic carbocycles. The molecule has 1 heterocycles. The lowest BCUT2D eigenvalue weighted by Gasteiger charge is -2.09. The smallest absolute Gasteiger partial charge is 0.135 e. The SMILES string of the molecule is Oc1ccc2oc3c(c2c1C=Nc1ccc(Cl)cc1)CCCC3. The maximum absolute atomic E-state index is 10.3. The van der Waals surface area contributed by atoms with E-state index >= 15 is 0 Å². The minimum Gasteiger partial charge on any atom is -0.507 e. The van der Waals surface area contributed by atoms with Crippen LogP contribution in [0.2, 0.25) is 5.02 Å². The molecule has 0 aliphatic heterocycles. The number of phenols is 1. The van der Waals surface area contributed by atoms with E-state index in [1.54, 1.807) is 24.4 Å². The third-order valence-corrected chi connectivity index (χ3v) is 4.56. The van der Waals surface area contributed by atoms with E-state index in [1.807, 2.05) is 18.2 Å². The van der Waals surface area contributed by atoms with Gasteiger partial charge in [0, 0.05) is 34.2 Å². The molecule has 2 aromatic carbocycles. The Morgan fingerprint density at radius 3 is 2.65 bits per heavy atom. The molecule has 0 amide bonds. The fourth-order valence-electron chi connectivity index (χ4n) is 3.17. The van der Waals surface area contributed by atoms with Crippen molar-refractivity contribution in [3.05, 3.63) is 58.3 Å². The molecular formula is C19H16ClNO2. The number of fused-ring (bicyclic) bond motifs is 3. The van der Waals surface area contributed by atoms with E-state index in [4.69, 9.17) is 16.0 Å². The largest absolute Gasteiger partial charge is 0.507 e. The van der Waals surface area contributed by atoms with E-state index in [1.165, 1.54) is 5.56 Å². The number of hydrogen-bond acceptors (Lipinski definition) is 3. The monoisotopic (exact) mass is 325 g/mol. The Morgan fingerprint density at radius 2 is 1.83 bits per heavy atom. The molecule has 1 N–H and O–H groups in total. The zero-order valence-electron chi connectivity index (χ0n) is 12.6. The number of aryl methyl sites for hydroxylation is 2. The van der Waals surface area contributed by atoms with Gasteiger partial charge in [-0.15, -0.1) is 0 Å². The Labute approximate surface area is 139 Å². The van der Waals surface area contributed by atoms with Gasteiger partial charge in [0.2, 0.25) is 0 Å². The summed E-state index contributed by atoms with van der Waals surface area (Å²) in [5, 5.41) is 12.0. The van der Waals surface area contributed by atoms with Crippen molar-refractivity contribution in [1.82, 2.24) is 0 Å². The molecule has 0 radical (unpaired) electrons. The standard InChI is InChI=1S/C19H16ClNO2/c20-12-5-7-13(8-6-12)21-11-15-16(22)9-10-18-19(15)14-3-1-2-4-17(14)23-18/h5-11,22H,1-4H2. The number of phenolic OH excluding ortho intramolecular Hbond substituents is 1. The van der Waals surface area contributed by atoms with Gasteiger partial charge in [0.15, 0.2) is 0 Å². The van der Waals surface area contributed by atoms with Crippen LogP contribution in [0.5, 0.6) is 5.75 Å². The van der Waals surface area contributed by atoms with Crippen LogP contribution in [0.25, 0.3) is 11.0 Å². The third kappa shape index (κ3) is 2.62. The summed E-state index contributed by atoms with van der Waals surface area (Å²) in [5.41, 5.74) is 3.57. The summed E-state index contributed by atoms with van der Waals surface area (Å²) in [4.78, 5) is 4.47. The summed E-state index contributed by atoms with van der Waals surface area (Å²) in [6, 6.07) is 10.8. The van der Waals surface area contributed by atoms with Crippen molar-refractivity contribution in [3.8, 4) is 5.75 Å². The van der Waals surface area contributed by atoms with Crippen LogP contribution in [-0.4, -0.2) is 11.3 Å². The van der Waals surface area contributed by atoms with Crippen LogP contribution in [-0.2, 0) is 12.8 Å². The van der Waals surface area contributed by atoms with Crippen LogP contribution in [0.1, 0.15) is 29.7 Å². The highest BCUT2D eigenvalue weighted by atomic mass is 35.5. The van der Waals surface area contributed by atoms with E-state index < -0.39 is 0 Å². The minimum absolute atomic E-state index is 0.226. The molecule has 0 saturated heterocycles. The average molecular weight is 326 g/mol. The van der Waals surface area contributed by atoms with Gasteiger partial charge in [-0.2, -0.15) is 0 Å². The lowest BCUT2D eigenvalue weighted by atomic mass is 9.94. The van der Waals surface area contributed by atoms with Crippen LogP contribution in [0.4, 0.5) is 5.69 Å². The second-order valence-corrected chi connectivity index (χ2v) is 6.25. The lowest BCUT2D eigenvalue weighted by Crippen LogP contribution is -1.99. The summed E-state index contributed by atoms with van der Waals surface area (Å²) in [6.45, 7) is 0. The predicted molar refractivity (Wildman–Crippen MR) is 93.2 cm³/mol. The number of halogens is 1. The van der Waals surface area contributed by atoms with Crippen molar-refractivity contribution in [1.29, 1.82) is 0 Å². The van der Waals surface area contributed by atoms with Crippen molar-refractivity contribution in [2.75, 3.05) is 0 Å². The molecule has 0 fully saturated rings. The molecule has 4 rings (SSSR count). The molecule has 1 aromatic heterocycles. The van der Waals surface area contributed by atoms with Crippen molar-refractivity contribution in [2.45, 2.75) is 25.7 Å². The van der Waals surface area contributed by atoms with Gasteiger partial charge in [0.1, 0.15) is 17.1 Å². The highest BCUT2D eigenvalue weighted by molar-refractivity contribution is 6.30. The Kier molecular flexibility index (Phi) is 3.58. The van der Waals surface area contributed by atoms with Crippen LogP contribution in [0.3, 0.4) is 0 Å². The second-order valence-electron chi connectivity index (χ2n) is 5.82. The normalized spacial score (nSPS) is 14.5. The van der Waals surface area contributed by atoms with Crippen LogP contribution < -0.4 is 0 Å². The predicted octanol–water partition coefficient (Wildman–Crippen LogP) is 5.42. The van der Waals surface area contributed by atoms with E-state index in [2.05, 4.69) is 4.99 Å². The Balaban J connectivity index is 1.83. The van der Waals surface area contributed by atoms with Gasteiger partial charge in [0.05, 0.1) is 5.69 Å². The maximum Gasteiger partial charge on any atom is 0.135 e. The van der Waals surface area contributed by atoms with E-state index in [0.717, 1.165) is 53.7 Å². The van der Waals surface area contributed by atoms with Crippen LogP contribution in [0, 0.1) is 0 Å². The summed E-state index contributed by atoms with van der Waals surface area (Å²) < 4.78 is 5.96. The number of benzene rings is 2. The first-order valence-electron chi connectivity index (χ1n) is 7.78. The van der Waals surface area contributed by atoms with E-state index in [9.17, 15) is 5.11 Å². The fraction of sp³-hybridized carbons (Fsp3) is 0.211. The van der Waals surface area contributed by atoms with Gasteiger partial charge >= 0.3 is 0 Å². The Hall–Kier alpha value is -2.26.